The number of hydrogen-bond acceptors (Lipinski definition) is 2. The van der Waals surface area contributed by atoms with Crippen molar-refractivity contribution in [2.24, 2.45) is 0 Å². The van der Waals surface area contributed by atoms with E-state index in [2.05, 4.69) is 48.2 Å². The zero-order chi connectivity index (χ0) is 17.5. The molecule has 0 atom stereocenters. The molecule has 0 N–H and O–H groups in total. The largest absolute Gasteiger partial charge is 0.336 e. The van der Waals surface area contributed by atoms with Crippen LogP contribution in [0.5, 0.6) is 0 Å². The Balaban J connectivity index is 1.51. The number of amides is 1. The summed E-state index contributed by atoms with van der Waals surface area (Å²) in [5.74, 6) is 0.168. The van der Waals surface area contributed by atoms with Crippen LogP contribution in [-0.2, 0) is 13.0 Å². The van der Waals surface area contributed by atoms with Crippen molar-refractivity contribution in [3.8, 4) is 0 Å². The van der Waals surface area contributed by atoms with Crippen LogP contribution in [0.25, 0.3) is 0 Å². The first-order chi connectivity index (χ1) is 12.3. The van der Waals surface area contributed by atoms with E-state index >= 15 is 0 Å². The molecule has 1 aliphatic heterocycles. The molecule has 3 rings (SSSR count). The van der Waals surface area contributed by atoms with E-state index in [-0.39, 0.29) is 5.91 Å². The van der Waals surface area contributed by atoms with E-state index in [1.165, 1.54) is 24.0 Å². The maximum atomic E-state index is 12.7. The predicted octanol–water partition coefficient (Wildman–Crippen LogP) is 3.99. The first-order valence-corrected chi connectivity index (χ1v) is 9.41. The second kappa shape index (κ2) is 8.82. The van der Waals surface area contributed by atoms with Crippen LogP contribution in [0.3, 0.4) is 0 Å². The van der Waals surface area contributed by atoms with Crippen LogP contribution in [-0.4, -0.2) is 41.9 Å². The minimum absolute atomic E-state index is 0.168. The van der Waals surface area contributed by atoms with Gasteiger partial charge in [-0.3, -0.25) is 9.69 Å². The zero-order valence-corrected chi connectivity index (χ0v) is 15.2. The van der Waals surface area contributed by atoms with Gasteiger partial charge in [0.2, 0.25) is 0 Å². The summed E-state index contributed by atoms with van der Waals surface area (Å²) in [6.07, 6.45) is 3.51. The van der Waals surface area contributed by atoms with Gasteiger partial charge < -0.3 is 4.90 Å². The van der Waals surface area contributed by atoms with Crippen molar-refractivity contribution in [1.82, 2.24) is 9.80 Å². The minimum atomic E-state index is 0.168. The molecule has 132 valence electrons. The van der Waals surface area contributed by atoms with Gasteiger partial charge in [0.05, 0.1) is 0 Å². The van der Waals surface area contributed by atoms with Crippen molar-refractivity contribution in [3.63, 3.8) is 0 Å². The second-order valence-corrected chi connectivity index (χ2v) is 6.85. The van der Waals surface area contributed by atoms with Gasteiger partial charge in [0.25, 0.3) is 5.91 Å². The van der Waals surface area contributed by atoms with Gasteiger partial charge in [0.1, 0.15) is 0 Å². The van der Waals surface area contributed by atoms with Crippen LogP contribution in [0, 0.1) is 0 Å². The van der Waals surface area contributed by atoms with Crippen LogP contribution in [0.1, 0.15) is 41.3 Å². The van der Waals surface area contributed by atoms with Gasteiger partial charge in [-0.2, -0.15) is 0 Å². The van der Waals surface area contributed by atoms with Gasteiger partial charge in [-0.25, -0.2) is 0 Å². The van der Waals surface area contributed by atoms with Gasteiger partial charge in [0, 0.05) is 38.3 Å². The van der Waals surface area contributed by atoms with E-state index in [1.807, 2.05) is 23.1 Å². The Kier molecular flexibility index (Phi) is 6.24. The highest BCUT2D eigenvalue weighted by atomic mass is 16.2. The molecule has 3 heteroatoms. The third-order valence-electron chi connectivity index (χ3n) is 4.93. The number of piperazine rings is 1. The molecular formula is C22H28N2O. The van der Waals surface area contributed by atoms with Crippen LogP contribution in [0.15, 0.2) is 54.6 Å². The number of unbranched alkanes of at least 4 members (excludes halogenated alkanes) is 1. The molecule has 2 aromatic rings. The maximum Gasteiger partial charge on any atom is 0.253 e. The van der Waals surface area contributed by atoms with Crippen LogP contribution in [0.4, 0.5) is 0 Å². The fraction of sp³-hybridized carbons (Fsp3) is 0.409. The van der Waals surface area contributed by atoms with Crippen molar-refractivity contribution in [2.75, 3.05) is 26.2 Å². The molecule has 1 heterocycles. The van der Waals surface area contributed by atoms with E-state index < -0.39 is 0 Å². The average Bonchev–Trinajstić information content (AvgIpc) is 2.68. The molecule has 0 aliphatic carbocycles. The van der Waals surface area contributed by atoms with Crippen molar-refractivity contribution in [2.45, 2.75) is 32.7 Å². The van der Waals surface area contributed by atoms with Crippen LogP contribution in [0.2, 0.25) is 0 Å². The van der Waals surface area contributed by atoms with Crippen LogP contribution < -0.4 is 0 Å². The number of carbonyl (C=O) groups is 1. The van der Waals surface area contributed by atoms with E-state index in [1.54, 1.807) is 0 Å². The summed E-state index contributed by atoms with van der Waals surface area (Å²) >= 11 is 0. The number of carbonyl (C=O) groups excluding carboxylic acids is 1. The molecule has 0 aromatic heterocycles. The Labute approximate surface area is 151 Å². The van der Waals surface area contributed by atoms with Crippen molar-refractivity contribution >= 4 is 5.91 Å². The van der Waals surface area contributed by atoms with Crippen LogP contribution >= 0.6 is 0 Å². The predicted molar refractivity (Wildman–Crippen MR) is 103 cm³/mol. The molecule has 1 fully saturated rings. The first-order valence-electron chi connectivity index (χ1n) is 9.41. The summed E-state index contributed by atoms with van der Waals surface area (Å²) < 4.78 is 0. The first kappa shape index (κ1) is 17.7. The molecule has 1 aliphatic rings. The Hall–Kier alpha value is -2.13. The topological polar surface area (TPSA) is 23.6 Å². The summed E-state index contributed by atoms with van der Waals surface area (Å²) in [5, 5.41) is 0. The molecule has 0 unspecified atom stereocenters. The summed E-state index contributed by atoms with van der Waals surface area (Å²) in [7, 11) is 0. The molecule has 0 radical (unpaired) electrons. The number of rotatable bonds is 6. The molecule has 0 spiro atoms. The summed E-state index contributed by atoms with van der Waals surface area (Å²) in [5.41, 5.74) is 3.48. The van der Waals surface area contributed by atoms with Gasteiger partial charge in [-0.1, -0.05) is 55.8 Å². The third kappa shape index (κ3) is 4.93. The third-order valence-corrected chi connectivity index (χ3v) is 4.93. The van der Waals surface area contributed by atoms with Crippen molar-refractivity contribution < 1.29 is 4.79 Å². The Morgan fingerprint density at radius 3 is 2.20 bits per heavy atom. The molecule has 2 aromatic carbocycles. The lowest BCUT2D eigenvalue weighted by atomic mass is 10.1. The lowest BCUT2D eigenvalue weighted by Gasteiger charge is -2.34. The maximum absolute atomic E-state index is 12.7. The second-order valence-electron chi connectivity index (χ2n) is 6.85. The number of nitrogens with zero attached hydrogens (tertiary/aromatic N) is 2. The molecule has 25 heavy (non-hydrogen) atoms. The van der Waals surface area contributed by atoms with E-state index in [0.29, 0.717) is 0 Å². The van der Waals surface area contributed by atoms with Crippen molar-refractivity contribution in [3.05, 3.63) is 71.3 Å². The lowest BCUT2D eigenvalue weighted by Crippen LogP contribution is -2.48. The smallest absolute Gasteiger partial charge is 0.253 e. The minimum Gasteiger partial charge on any atom is -0.336 e. The SMILES string of the molecule is CCCCc1ccc(C(=O)N2CCN(Cc3ccccc3)CC2)cc1. The Bertz CT molecular complexity index is 658. The Morgan fingerprint density at radius 2 is 1.56 bits per heavy atom. The normalized spacial score (nSPS) is 15.3. The Morgan fingerprint density at radius 1 is 0.880 bits per heavy atom. The zero-order valence-electron chi connectivity index (χ0n) is 15.2. The van der Waals surface area contributed by atoms with Gasteiger partial charge >= 0.3 is 0 Å². The van der Waals surface area contributed by atoms with Gasteiger partial charge in [-0.15, -0.1) is 0 Å². The fourth-order valence-corrected chi connectivity index (χ4v) is 3.33. The van der Waals surface area contributed by atoms with E-state index in [0.717, 1.165) is 44.7 Å². The highest BCUT2D eigenvalue weighted by Crippen LogP contribution is 2.13. The quantitative estimate of drug-likeness (QED) is 0.796. The monoisotopic (exact) mass is 336 g/mol. The number of hydrogen-bond donors (Lipinski definition) is 0. The molecule has 3 nitrogen and oxygen atoms in total. The number of aryl methyl sites for hydroxylation is 1. The average molecular weight is 336 g/mol. The lowest BCUT2D eigenvalue weighted by molar-refractivity contribution is 0.0628. The summed E-state index contributed by atoms with van der Waals surface area (Å²) in [4.78, 5) is 17.1. The van der Waals surface area contributed by atoms with E-state index in [9.17, 15) is 4.79 Å². The molecule has 1 saturated heterocycles. The number of benzene rings is 2. The van der Waals surface area contributed by atoms with E-state index in [4.69, 9.17) is 0 Å². The highest BCUT2D eigenvalue weighted by Gasteiger charge is 2.22. The summed E-state index contributed by atoms with van der Waals surface area (Å²) in [6, 6.07) is 18.7. The van der Waals surface area contributed by atoms with Gasteiger partial charge in [0.15, 0.2) is 0 Å². The fourth-order valence-electron chi connectivity index (χ4n) is 3.33. The summed E-state index contributed by atoms with van der Waals surface area (Å²) in [6.45, 7) is 6.67. The molecule has 0 bridgehead atoms. The highest BCUT2D eigenvalue weighted by molar-refractivity contribution is 5.94. The molecule has 0 saturated carbocycles. The van der Waals surface area contributed by atoms with Crippen molar-refractivity contribution in [1.29, 1.82) is 0 Å². The standard InChI is InChI=1S/C22H28N2O/c1-2-3-7-19-10-12-21(13-11-19)22(25)24-16-14-23(15-17-24)18-20-8-5-4-6-9-20/h4-6,8-13H,2-3,7,14-18H2,1H3. The molecule has 1 amide bonds. The molecular weight excluding hydrogens is 308 g/mol. The van der Waals surface area contributed by atoms with Gasteiger partial charge in [-0.05, 0) is 36.1 Å².